The Balaban J connectivity index is 2.01. The van der Waals surface area contributed by atoms with Crippen molar-refractivity contribution in [2.75, 3.05) is 24.5 Å². The zero-order chi connectivity index (χ0) is 16.6. The average Bonchev–Trinajstić information content (AvgIpc) is 2.93. The van der Waals surface area contributed by atoms with Gasteiger partial charge in [-0.1, -0.05) is 6.92 Å². The number of anilines is 1. The second kappa shape index (κ2) is 6.13. The number of nitrogens with one attached hydrogen (secondary N) is 1. The number of alkyl halides is 3. The summed E-state index contributed by atoms with van der Waals surface area (Å²) in [5.41, 5.74) is -0.528. The lowest BCUT2D eigenvalue weighted by Crippen LogP contribution is -2.32. The second-order valence-electron chi connectivity index (χ2n) is 5.54. The Morgan fingerprint density at radius 2 is 2.13 bits per heavy atom. The van der Waals surface area contributed by atoms with E-state index in [1.165, 1.54) is 6.07 Å². The Bertz CT molecular complexity index is 720. The molecule has 2 aromatic rings. The van der Waals surface area contributed by atoms with Crippen LogP contribution in [-0.2, 0) is 6.18 Å². The smallest absolute Gasteiger partial charge is 0.354 e. The van der Waals surface area contributed by atoms with E-state index < -0.39 is 11.7 Å². The summed E-state index contributed by atoms with van der Waals surface area (Å²) in [6, 6.07) is 3.84. The molecule has 1 N–H and O–H groups in total. The zero-order valence-corrected chi connectivity index (χ0v) is 13.2. The lowest BCUT2D eigenvalue weighted by Gasteiger charge is -2.20. The molecule has 1 fully saturated rings. The van der Waals surface area contributed by atoms with Crippen LogP contribution >= 0.6 is 11.6 Å². The first-order valence-electron chi connectivity index (χ1n) is 7.41. The zero-order valence-electron chi connectivity index (χ0n) is 12.5. The van der Waals surface area contributed by atoms with Crippen LogP contribution in [0, 0.1) is 0 Å². The molecule has 1 aromatic heterocycles. The molecule has 124 valence electrons. The van der Waals surface area contributed by atoms with Gasteiger partial charge in [0.25, 0.3) is 0 Å². The van der Waals surface area contributed by atoms with E-state index in [2.05, 4.69) is 15.3 Å². The monoisotopic (exact) mass is 344 g/mol. The standard InChI is InChI=1S/C15H16ClF3N4/c1-2-20-10-5-6-23(8-10)13-11-4-3-9(15(17,18)19)7-12(11)21-14(16)22-13/h3-4,7,10,20H,2,5-6,8H2,1H3. The van der Waals surface area contributed by atoms with Gasteiger partial charge in [0.15, 0.2) is 0 Å². The van der Waals surface area contributed by atoms with E-state index in [-0.39, 0.29) is 10.8 Å². The highest BCUT2D eigenvalue weighted by molar-refractivity contribution is 6.28. The van der Waals surface area contributed by atoms with Crippen LogP contribution in [0.25, 0.3) is 10.9 Å². The van der Waals surface area contributed by atoms with Crippen LogP contribution in [-0.4, -0.2) is 35.6 Å². The Labute approximate surface area is 136 Å². The molecule has 8 heteroatoms. The van der Waals surface area contributed by atoms with Gasteiger partial charge < -0.3 is 10.2 Å². The number of benzene rings is 1. The van der Waals surface area contributed by atoms with Gasteiger partial charge in [0, 0.05) is 24.5 Å². The maximum atomic E-state index is 12.9. The minimum Gasteiger partial charge on any atom is -0.354 e. The molecule has 1 unspecified atom stereocenters. The number of hydrogen-bond acceptors (Lipinski definition) is 4. The van der Waals surface area contributed by atoms with Crippen molar-refractivity contribution in [3.8, 4) is 0 Å². The number of rotatable bonds is 3. The molecular weight excluding hydrogens is 329 g/mol. The molecule has 4 nitrogen and oxygen atoms in total. The molecule has 1 aliphatic rings. The molecule has 3 rings (SSSR count). The highest BCUT2D eigenvalue weighted by Crippen LogP contribution is 2.34. The van der Waals surface area contributed by atoms with Crippen LogP contribution in [0.2, 0.25) is 5.28 Å². The van der Waals surface area contributed by atoms with Gasteiger partial charge in [0.05, 0.1) is 11.1 Å². The first-order chi connectivity index (χ1) is 10.9. The van der Waals surface area contributed by atoms with Crippen molar-refractivity contribution in [1.82, 2.24) is 15.3 Å². The number of nitrogens with zero attached hydrogens (tertiary/aromatic N) is 3. The molecule has 1 atom stereocenters. The summed E-state index contributed by atoms with van der Waals surface area (Å²) in [7, 11) is 0. The SMILES string of the molecule is CCNC1CCN(c2nc(Cl)nc3cc(C(F)(F)F)ccc23)C1. The Hall–Kier alpha value is -1.60. The van der Waals surface area contributed by atoms with Crippen molar-refractivity contribution < 1.29 is 13.2 Å². The molecule has 0 radical (unpaired) electrons. The average molecular weight is 345 g/mol. The molecular formula is C15H16ClF3N4. The molecule has 1 aliphatic heterocycles. The van der Waals surface area contributed by atoms with E-state index in [9.17, 15) is 13.2 Å². The Morgan fingerprint density at radius 1 is 1.35 bits per heavy atom. The van der Waals surface area contributed by atoms with Crippen molar-refractivity contribution in [2.45, 2.75) is 25.6 Å². The number of halogens is 4. The first-order valence-corrected chi connectivity index (χ1v) is 7.79. The predicted octanol–water partition coefficient (Wildman–Crippen LogP) is 3.49. The third-order valence-electron chi connectivity index (χ3n) is 3.96. The van der Waals surface area contributed by atoms with Crippen LogP contribution < -0.4 is 10.2 Å². The summed E-state index contributed by atoms with van der Waals surface area (Å²) in [6.07, 6.45) is -3.45. The Kier molecular flexibility index (Phi) is 4.33. The third kappa shape index (κ3) is 3.35. The lowest BCUT2D eigenvalue weighted by molar-refractivity contribution is -0.137. The van der Waals surface area contributed by atoms with Crippen molar-refractivity contribution in [3.63, 3.8) is 0 Å². The highest BCUT2D eigenvalue weighted by Gasteiger charge is 2.31. The summed E-state index contributed by atoms with van der Waals surface area (Å²) in [4.78, 5) is 10.2. The molecule has 0 amide bonds. The quantitative estimate of drug-likeness (QED) is 0.865. The van der Waals surface area contributed by atoms with Crippen LogP contribution in [0.1, 0.15) is 18.9 Å². The molecule has 0 aliphatic carbocycles. The van der Waals surface area contributed by atoms with E-state index in [1.807, 2.05) is 11.8 Å². The predicted molar refractivity (Wildman–Crippen MR) is 83.8 cm³/mol. The van der Waals surface area contributed by atoms with Gasteiger partial charge in [-0.25, -0.2) is 4.98 Å². The molecule has 1 saturated heterocycles. The number of hydrogen-bond donors (Lipinski definition) is 1. The van der Waals surface area contributed by atoms with Crippen molar-refractivity contribution >= 4 is 28.3 Å². The topological polar surface area (TPSA) is 41.0 Å². The third-order valence-corrected chi connectivity index (χ3v) is 4.13. The fraction of sp³-hybridized carbons (Fsp3) is 0.467. The van der Waals surface area contributed by atoms with Crippen LogP contribution in [0.15, 0.2) is 18.2 Å². The summed E-state index contributed by atoms with van der Waals surface area (Å²) in [6.45, 7) is 4.44. The fourth-order valence-corrected chi connectivity index (χ4v) is 3.08. The molecule has 2 heterocycles. The van der Waals surface area contributed by atoms with Crippen molar-refractivity contribution in [2.24, 2.45) is 0 Å². The van der Waals surface area contributed by atoms with Gasteiger partial charge in [0.1, 0.15) is 5.82 Å². The van der Waals surface area contributed by atoms with E-state index >= 15 is 0 Å². The molecule has 1 aromatic carbocycles. The molecule has 0 saturated carbocycles. The second-order valence-corrected chi connectivity index (χ2v) is 5.87. The van der Waals surface area contributed by atoms with Gasteiger partial charge in [-0.15, -0.1) is 0 Å². The molecule has 0 spiro atoms. The van der Waals surface area contributed by atoms with Crippen LogP contribution in [0.3, 0.4) is 0 Å². The van der Waals surface area contributed by atoms with Gasteiger partial charge in [-0.3, -0.25) is 0 Å². The van der Waals surface area contributed by atoms with Gasteiger partial charge in [-0.2, -0.15) is 18.2 Å². The maximum Gasteiger partial charge on any atom is 0.416 e. The van der Waals surface area contributed by atoms with Gasteiger partial charge in [-0.05, 0) is 42.8 Å². The van der Waals surface area contributed by atoms with Gasteiger partial charge >= 0.3 is 6.18 Å². The highest BCUT2D eigenvalue weighted by atomic mass is 35.5. The lowest BCUT2D eigenvalue weighted by atomic mass is 10.1. The summed E-state index contributed by atoms with van der Waals surface area (Å²) < 4.78 is 38.6. The van der Waals surface area contributed by atoms with E-state index in [4.69, 9.17) is 11.6 Å². The number of fused-ring (bicyclic) bond motifs is 1. The van der Waals surface area contributed by atoms with Crippen LogP contribution in [0.4, 0.5) is 19.0 Å². The summed E-state index contributed by atoms with van der Waals surface area (Å²) in [5, 5.41) is 3.91. The first kappa shape index (κ1) is 16.3. The van der Waals surface area contributed by atoms with E-state index in [0.717, 1.165) is 38.2 Å². The molecule has 0 bridgehead atoms. The van der Waals surface area contributed by atoms with E-state index in [1.54, 1.807) is 0 Å². The Morgan fingerprint density at radius 3 is 2.83 bits per heavy atom. The molecule has 23 heavy (non-hydrogen) atoms. The largest absolute Gasteiger partial charge is 0.416 e. The van der Waals surface area contributed by atoms with E-state index in [0.29, 0.717) is 17.2 Å². The normalized spacial score (nSPS) is 18.8. The minimum atomic E-state index is -4.41. The fourth-order valence-electron chi connectivity index (χ4n) is 2.91. The summed E-state index contributed by atoms with van der Waals surface area (Å²) >= 11 is 5.92. The van der Waals surface area contributed by atoms with Crippen molar-refractivity contribution in [3.05, 3.63) is 29.0 Å². The minimum absolute atomic E-state index is 0.0428. The van der Waals surface area contributed by atoms with Gasteiger partial charge in [0.2, 0.25) is 5.28 Å². The number of likely N-dealkylation sites (N-methyl/N-ethyl adjacent to an activating group) is 1. The van der Waals surface area contributed by atoms with Crippen LogP contribution in [0.5, 0.6) is 0 Å². The maximum absolute atomic E-state index is 12.9. The van der Waals surface area contributed by atoms with Crippen molar-refractivity contribution in [1.29, 1.82) is 0 Å². The summed E-state index contributed by atoms with van der Waals surface area (Å²) in [5.74, 6) is 0.592. The number of aromatic nitrogens is 2.